The molecule has 5 rings (SSSR count). The van der Waals surface area contributed by atoms with E-state index in [1.807, 2.05) is 0 Å². The highest BCUT2D eigenvalue weighted by atomic mass is 19.1. The van der Waals surface area contributed by atoms with Crippen molar-refractivity contribution in [2.75, 3.05) is 19.5 Å². The van der Waals surface area contributed by atoms with Gasteiger partial charge < -0.3 is 24.1 Å². The topological polar surface area (TPSA) is 105 Å². The van der Waals surface area contributed by atoms with Gasteiger partial charge in [0, 0.05) is 55.1 Å². The number of anilines is 1. The van der Waals surface area contributed by atoms with Crippen LogP contribution < -0.4 is 25.0 Å². The number of fused-ring (bicyclic) bond motifs is 1. The summed E-state index contributed by atoms with van der Waals surface area (Å²) in [5, 5.41) is 2.57. The number of carbonyl (C=O) groups is 1. The summed E-state index contributed by atoms with van der Waals surface area (Å²) < 4.78 is 46.9. The van der Waals surface area contributed by atoms with Crippen LogP contribution in [0.15, 0.2) is 65.8 Å². The Hall–Kier alpha value is -5.32. The second kappa shape index (κ2) is 11.3. The predicted molar refractivity (Wildman–Crippen MR) is 154 cm³/mol. The molecule has 214 valence electrons. The Kier molecular flexibility index (Phi) is 7.58. The molecule has 0 aliphatic rings. The Morgan fingerprint density at radius 1 is 0.929 bits per heavy atom. The van der Waals surface area contributed by atoms with Crippen LogP contribution in [0, 0.1) is 25.5 Å². The first-order valence-corrected chi connectivity index (χ1v) is 12.7. The Morgan fingerprint density at radius 2 is 1.67 bits per heavy atom. The third-order valence-electron chi connectivity index (χ3n) is 6.60. The number of hydrogen-bond acceptors (Lipinski definition) is 7. The van der Waals surface area contributed by atoms with Crippen LogP contribution in [0.25, 0.3) is 22.2 Å². The van der Waals surface area contributed by atoms with E-state index < -0.39 is 23.0 Å². The molecule has 0 unspecified atom stereocenters. The lowest BCUT2D eigenvalue weighted by molar-refractivity contribution is 0.102. The van der Waals surface area contributed by atoms with Gasteiger partial charge in [-0.05, 0) is 54.8 Å². The van der Waals surface area contributed by atoms with Crippen molar-refractivity contribution in [3.05, 3.63) is 99.6 Å². The van der Waals surface area contributed by atoms with Crippen molar-refractivity contribution in [3.8, 4) is 34.3 Å². The summed E-state index contributed by atoms with van der Waals surface area (Å²) >= 11 is 0. The van der Waals surface area contributed by atoms with E-state index in [1.54, 1.807) is 37.7 Å². The minimum atomic E-state index is -0.766. The first-order valence-electron chi connectivity index (χ1n) is 12.7. The molecule has 2 aromatic carbocycles. The molecular weight excluding hydrogens is 546 g/mol. The normalized spacial score (nSPS) is 10.9. The molecule has 0 aliphatic heterocycles. The van der Waals surface area contributed by atoms with Crippen molar-refractivity contribution >= 4 is 22.6 Å². The number of aryl methyl sites for hydroxylation is 3. The second-order valence-electron chi connectivity index (χ2n) is 9.57. The van der Waals surface area contributed by atoms with E-state index in [2.05, 4.69) is 15.3 Å². The predicted octanol–water partition coefficient (Wildman–Crippen LogP) is 5.95. The van der Waals surface area contributed by atoms with Gasteiger partial charge in [-0.1, -0.05) is 0 Å². The summed E-state index contributed by atoms with van der Waals surface area (Å²) in [5.41, 5.74) is 2.12. The van der Waals surface area contributed by atoms with Crippen LogP contribution in [0.4, 0.5) is 14.5 Å². The van der Waals surface area contributed by atoms with Gasteiger partial charge in [0.2, 0.25) is 5.43 Å². The molecular formula is C31H26F2N4O5. The van der Waals surface area contributed by atoms with Crippen molar-refractivity contribution < 1.29 is 27.8 Å². The Balaban J connectivity index is 1.42. The van der Waals surface area contributed by atoms with Crippen LogP contribution in [0.1, 0.15) is 21.5 Å². The summed E-state index contributed by atoms with van der Waals surface area (Å²) in [5.74, 6) is -1.22. The van der Waals surface area contributed by atoms with Crippen molar-refractivity contribution in [2.45, 2.75) is 13.8 Å². The summed E-state index contributed by atoms with van der Waals surface area (Å²) in [6.07, 6.45) is 4.46. The number of nitrogens with zero attached hydrogens (tertiary/aromatic N) is 3. The number of nitrogens with one attached hydrogen (secondary N) is 1. The number of methoxy groups -OCH3 is 2. The molecule has 11 heteroatoms. The van der Waals surface area contributed by atoms with Gasteiger partial charge in [0.05, 0.1) is 19.7 Å². The molecule has 0 radical (unpaired) electrons. The third-order valence-corrected chi connectivity index (χ3v) is 6.60. The molecule has 0 saturated carbocycles. The molecule has 3 aromatic heterocycles. The number of benzene rings is 2. The number of rotatable bonds is 7. The van der Waals surface area contributed by atoms with E-state index in [-0.39, 0.29) is 34.2 Å². The quantitative estimate of drug-likeness (QED) is 0.257. The zero-order valence-corrected chi connectivity index (χ0v) is 23.4. The standard InChI is InChI=1S/C31H26F2N4O5/c1-16-10-18(32)11-17(2)27(16)20-14-37(3)15-21(29(20)38)30(39)35-19-6-7-24(22(33)12-19)42-25-8-9-34-23-13-26(40-4)31(41-5)36-28(23)25/h6-15H,1-5H3,(H,35,39). The van der Waals surface area contributed by atoms with Crippen molar-refractivity contribution in [3.63, 3.8) is 0 Å². The largest absolute Gasteiger partial charge is 0.491 e. The van der Waals surface area contributed by atoms with Gasteiger partial charge in [-0.2, -0.15) is 0 Å². The zero-order valence-electron chi connectivity index (χ0n) is 23.4. The number of aromatic nitrogens is 3. The van der Waals surface area contributed by atoms with Gasteiger partial charge in [-0.15, -0.1) is 0 Å². The molecule has 9 nitrogen and oxygen atoms in total. The Morgan fingerprint density at radius 3 is 2.33 bits per heavy atom. The lowest BCUT2D eigenvalue weighted by atomic mass is 9.95. The van der Waals surface area contributed by atoms with Gasteiger partial charge in [-0.3, -0.25) is 14.6 Å². The molecule has 0 bridgehead atoms. The Bertz CT molecular complexity index is 1900. The SMILES string of the molecule is COc1cc2nccc(Oc3ccc(NC(=O)c4cn(C)cc(-c5c(C)cc(F)cc5C)c4=O)cc3F)c2nc1OC. The highest BCUT2D eigenvalue weighted by Crippen LogP contribution is 2.35. The number of amides is 1. The van der Waals surface area contributed by atoms with E-state index in [0.717, 1.165) is 6.07 Å². The van der Waals surface area contributed by atoms with Crippen LogP contribution in [-0.4, -0.2) is 34.7 Å². The smallest absolute Gasteiger partial charge is 0.261 e. The fraction of sp³-hybridized carbons (Fsp3) is 0.161. The molecule has 1 amide bonds. The molecule has 0 saturated heterocycles. The van der Waals surface area contributed by atoms with Crippen LogP contribution >= 0.6 is 0 Å². The van der Waals surface area contributed by atoms with Crippen molar-refractivity contribution in [2.24, 2.45) is 7.05 Å². The van der Waals surface area contributed by atoms with Gasteiger partial charge in [0.15, 0.2) is 23.1 Å². The first-order chi connectivity index (χ1) is 20.1. The maximum atomic E-state index is 15.1. The summed E-state index contributed by atoms with van der Waals surface area (Å²) in [6.45, 7) is 3.39. The lowest BCUT2D eigenvalue weighted by Gasteiger charge is -2.14. The summed E-state index contributed by atoms with van der Waals surface area (Å²) in [7, 11) is 4.59. The van der Waals surface area contributed by atoms with Crippen LogP contribution in [0.2, 0.25) is 0 Å². The average Bonchev–Trinajstić information content (AvgIpc) is 2.94. The maximum absolute atomic E-state index is 15.1. The number of ether oxygens (including phenoxy) is 3. The average molecular weight is 573 g/mol. The van der Waals surface area contributed by atoms with Gasteiger partial charge in [0.25, 0.3) is 11.8 Å². The van der Waals surface area contributed by atoms with Gasteiger partial charge >= 0.3 is 0 Å². The zero-order chi connectivity index (χ0) is 30.1. The number of carbonyl (C=O) groups excluding carboxylic acids is 1. The molecule has 0 spiro atoms. The summed E-state index contributed by atoms with van der Waals surface area (Å²) in [6, 6.07) is 9.69. The van der Waals surface area contributed by atoms with Crippen molar-refractivity contribution in [1.29, 1.82) is 0 Å². The lowest BCUT2D eigenvalue weighted by Crippen LogP contribution is -2.24. The van der Waals surface area contributed by atoms with Crippen LogP contribution in [0.5, 0.6) is 23.1 Å². The van der Waals surface area contributed by atoms with Gasteiger partial charge in [0.1, 0.15) is 16.9 Å². The van der Waals surface area contributed by atoms with E-state index >= 15 is 4.39 Å². The number of hydrogen-bond donors (Lipinski definition) is 1. The fourth-order valence-corrected chi connectivity index (χ4v) is 4.75. The molecule has 1 N–H and O–H groups in total. The van der Waals surface area contributed by atoms with Crippen LogP contribution in [-0.2, 0) is 7.05 Å². The maximum Gasteiger partial charge on any atom is 0.261 e. The van der Waals surface area contributed by atoms with Crippen LogP contribution in [0.3, 0.4) is 0 Å². The van der Waals surface area contributed by atoms with E-state index in [1.165, 1.54) is 56.9 Å². The summed E-state index contributed by atoms with van der Waals surface area (Å²) in [4.78, 5) is 35.2. The molecule has 0 fully saturated rings. The minimum Gasteiger partial charge on any atom is -0.491 e. The first kappa shape index (κ1) is 28.2. The highest BCUT2D eigenvalue weighted by Gasteiger charge is 2.20. The van der Waals surface area contributed by atoms with E-state index in [0.29, 0.717) is 33.5 Å². The Labute approximate surface area is 239 Å². The van der Waals surface area contributed by atoms with Gasteiger partial charge in [-0.25, -0.2) is 13.8 Å². The third kappa shape index (κ3) is 5.36. The molecule has 5 aromatic rings. The number of halogens is 2. The van der Waals surface area contributed by atoms with Crippen molar-refractivity contribution in [1.82, 2.24) is 14.5 Å². The second-order valence-corrected chi connectivity index (χ2v) is 9.57. The monoisotopic (exact) mass is 572 g/mol. The molecule has 3 heterocycles. The fourth-order valence-electron chi connectivity index (χ4n) is 4.75. The highest BCUT2D eigenvalue weighted by molar-refractivity contribution is 6.04. The van der Waals surface area contributed by atoms with E-state index in [9.17, 15) is 14.0 Å². The molecule has 42 heavy (non-hydrogen) atoms. The minimum absolute atomic E-state index is 0.107. The molecule has 0 atom stereocenters. The molecule has 0 aliphatic carbocycles. The van der Waals surface area contributed by atoms with E-state index in [4.69, 9.17) is 14.2 Å². The number of pyridine rings is 3.